The van der Waals surface area contributed by atoms with E-state index in [2.05, 4.69) is 23.6 Å². The van der Waals surface area contributed by atoms with Crippen LogP contribution in [0.1, 0.15) is 46.0 Å². The Morgan fingerprint density at radius 2 is 1.75 bits per heavy atom. The maximum absolute atomic E-state index is 11.5. The number of carboxylic acid groups (broad SMARTS) is 1. The molecule has 20 heavy (non-hydrogen) atoms. The molecule has 116 valence electrons. The highest BCUT2D eigenvalue weighted by Crippen LogP contribution is 2.28. The normalized spacial score (nSPS) is 30.4. The zero-order valence-electron chi connectivity index (χ0n) is 13.1. The predicted molar refractivity (Wildman–Crippen MR) is 80.8 cm³/mol. The summed E-state index contributed by atoms with van der Waals surface area (Å²) >= 11 is 0. The lowest BCUT2D eigenvalue weighted by Gasteiger charge is -2.41. The van der Waals surface area contributed by atoms with Crippen molar-refractivity contribution in [2.75, 3.05) is 32.7 Å². The molecule has 0 radical (unpaired) electrons. The van der Waals surface area contributed by atoms with E-state index in [0.717, 1.165) is 45.4 Å². The van der Waals surface area contributed by atoms with Gasteiger partial charge in [0.1, 0.15) is 0 Å². The SMILES string of the molecule is CC(C)CN1CCN(C2CCCCCC2C(=O)O)CC1. The minimum Gasteiger partial charge on any atom is -0.481 e. The molecule has 1 N–H and O–H groups in total. The quantitative estimate of drug-likeness (QED) is 0.804. The van der Waals surface area contributed by atoms with Crippen molar-refractivity contribution >= 4 is 5.97 Å². The van der Waals surface area contributed by atoms with E-state index in [9.17, 15) is 9.90 Å². The number of aliphatic carboxylic acids is 1. The van der Waals surface area contributed by atoms with Crippen LogP contribution in [-0.4, -0.2) is 59.6 Å². The summed E-state index contributed by atoms with van der Waals surface area (Å²) in [6.07, 6.45) is 5.42. The fourth-order valence-electron chi connectivity index (χ4n) is 3.81. The minimum atomic E-state index is -0.582. The lowest BCUT2D eigenvalue weighted by atomic mass is 9.93. The third-order valence-electron chi connectivity index (χ3n) is 4.80. The Bertz CT molecular complexity index is 312. The van der Waals surface area contributed by atoms with Gasteiger partial charge < -0.3 is 10.0 Å². The molecule has 0 aromatic carbocycles. The number of hydrogen-bond acceptors (Lipinski definition) is 3. The zero-order chi connectivity index (χ0) is 14.5. The molecule has 2 rings (SSSR count). The Morgan fingerprint density at radius 3 is 2.35 bits per heavy atom. The maximum Gasteiger partial charge on any atom is 0.308 e. The first-order chi connectivity index (χ1) is 9.58. The molecule has 0 aromatic rings. The number of piperazine rings is 1. The largest absolute Gasteiger partial charge is 0.481 e. The Labute approximate surface area is 123 Å². The second kappa shape index (κ2) is 7.41. The lowest BCUT2D eigenvalue weighted by molar-refractivity contribution is -0.145. The summed E-state index contributed by atoms with van der Waals surface area (Å²) in [5.41, 5.74) is 0. The summed E-state index contributed by atoms with van der Waals surface area (Å²) < 4.78 is 0. The first-order valence-corrected chi connectivity index (χ1v) is 8.27. The topological polar surface area (TPSA) is 43.8 Å². The monoisotopic (exact) mass is 282 g/mol. The van der Waals surface area contributed by atoms with Gasteiger partial charge in [-0.2, -0.15) is 0 Å². The van der Waals surface area contributed by atoms with Crippen molar-refractivity contribution in [2.45, 2.75) is 52.0 Å². The van der Waals surface area contributed by atoms with E-state index < -0.39 is 5.97 Å². The molecule has 4 nitrogen and oxygen atoms in total. The van der Waals surface area contributed by atoms with Crippen molar-refractivity contribution in [2.24, 2.45) is 11.8 Å². The van der Waals surface area contributed by atoms with E-state index in [4.69, 9.17) is 0 Å². The van der Waals surface area contributed by atoms with Crippen molar-refractivity contribution in [1.82, 2.24) is 9.80 Å². The standard InChI is InChI=1S/C16H30N2O2/c1-13(2)12-17-8-10-18(11-9-17)15-7-5-3-4-6-14(15)16(19)20/h13-15H,3-12H2,1-2H3,(H,19,20). The van der Waals surface area contributed by atoms with Gasteiger partial charge in [0.15, 0.2) is 0 Å². The summed E-state index contributed by atoms with van der Waals surface area (Å²) in [5, 5.41) is 9.50. The van der Waals surface area contributed by atoms with Gasteiger partial charge in [-0.3, -0.25) is 9.69 Å². The summed E-state index contributed by atoms with van der Waals surface area (Å²) in [4.78, 5) is 16.5. The third-order valence-corrected chi connectivity index (χ3v) is 4.80. The fourth-order valence-corrected chi connectivity index (χ4v) is 3.81. The van der Waals surface area contributed by atoms with Gasteiger partial charge in [-0.05, 0) is 18.8 Å². The molecule has 2 unspecified atom stereocenters. The summed E-state index contributed by atoms with van der Waals surface area (Å²) in [6.45, 7) is 9.97. The fraction of sp³-hybridized carbons (Fsp3) is 0.938. The molecule has 2 aliphatic rings. The van der Waals surface area contributed by atoms with Crippen molar-refractivity contribution in [3.8, 4) is 0 Å². The first kappa shape index (κ1) is 15.8. The molecule has 1 saturated heterocycles. The number of carbonyl (C=O) groups is 1. The van der Waals surface area contributed by atoms with E-state index in [-0.39, 0.29) is 12.0 Å². The van der Waals surface area contributed by atoms with E-state index >= 15 is 0 Å². The molecule has 0 bridgehead atoms. The van der Waals surface area contributed by atoms with E-state index in [1.54, 1.807) is 0 Å². The van der Waals surface area contributed by atoms with Crippen LogP contribution < -0.4 is 0 Å². The van der Waals surface area contributed by atoms with Gasteiger partial charge in [0.05, 0.1) is 5.92 Å². The van der Waals surface area contributed by atoms with Crippen LogP contribution in [0.25, 0.3) is 0 Å². The lowest BCUT2D eigenvalue weighted by Crippen LogP contribution is -2.53. The van der Waals surface area contributed by atoms with Crippen LogP contribution >= 0.6 is 0 Å². The Kier molecular flexibility index (Phi) is 5.85. The van der Waals surface area contributed by atoms with Crippen LogP contribution in [0, 0.1) is 11.8 Å². The average molecular weight is 282 g/mol. The summed E-state index contributed by atoms with van der Waals surface area (Å²) in [6, 6.07) is 0.274. The van der Waals surface area contributed by atoms with Gasteiger partial charge in [-0.1, -0.05) is 33.1 Å². The van der Waals surface area contributed by atoms with Crippen LogP contribution in [-0.2, 0) is 4.79 Å². The maximum atomic E-state index is 11.5. The van der Waals surface area contributed by atoms with Crippen LogP contribution in [0.3, 0.4) is 0 Å². The molecule has 2 atom stereocenters. The second-order valence-corrected chi connectivity index (χ2v) is 6.88. The van der Waals surface area contributed by atoms with E-state index in [1.165, 1.54) is 19.4 Å². The molecular formula is C16H30N2O2. The molecule has 0 spiro atoms. The molecule has 1 saturated carbocycles. The highest BCUT2D eigenvalue weighted by molar-refractivity contribution is 5.70. The number of rotatable bonds is 4. The van der Waals surface area contributed by atoms with Gasteiger partial charge in [-0.25, -0.2) is 0 Å². The highest BCUT2D eigenvalue weighted by atomic mass is 16.4. The second-order valence-electron chi connectivity index (χ2n) is 6.88. The van der Waals surface area contributed by atoms with Crippen LogP contribution in [0.4, 0.5) is 0 Å². The van der Waals surface area contributed by atoms with Crippen LogP contribution in [0.15, 0.2) is 0 Å². The van der Waals surface area contributed by atoms with Crippen LogP contribution in [0.2, 0.25) is 0 Å². The molecule has 1 heterocycles. The number of nitrogens with zero attached hydrogens (tertiary/aromatic N) is 2. The van der Waals surface area contributed by atoms with Crippen molar-refractivity contribution in [3.05, 3.63) is 0 Å². The van der Waals surface area contributed by atoms with Gasteiger partial charge in [0, 0.05) is 38.8 Å². The molecule has 1 aliphatic heterocycles. The minimum absolute atomic E-state index is 0.144. The summed E-state index contributed by atoms with van der Waals surface area (Å²) in [5.74, 6) is -0.0122. The number of hydrogen-bond donors (Lipinski definition) is 1. The molecule has 0 amide bonds. The van der Waals surface area contributed by atoms with E-state index in [1.807, 2.05) is 0 Å². The Morgan fingerprint density at radius 1 is 1.10 bits per heavy atom. The average Bonchev–Trinajstić information content (AvgIpc) is 2.64. The molecule has 1 aliphatic carbocycles. The van der Waals surface area contributed by atoms with E-state index in [0.29, 0.717) is 5.92 Å². The van der Waals surface area contributed by atoms with Crippen LogP contribution in [0.5, 0.6) is 0 Å². The van der Waals surface area contributed by atoms with Crippen molar-refractivity contribution in [1.29, 1.82) is 0 Å². The Hall–Kier alpha value is -0.610. The first-order valence-electron chi connectivity index (χ1n) is 8.27. The van der Waals surface area contributed by atoms with Crippen molar-refractivity contribution < 1.29 is 9.90 Å². The number of carboxylic acids is 1. The predicted octanol–water partition coefficient (Wildman–Crippen LogP) is 2.29. The molecule has 2 fully saturated rings. The third kappa shape index (κ3) is 4.19. The van der Waals surface area contributed by atoms with Gasteiger partial charge in [0.2, 0.25) is 0 Å². The van der Waals surface area contributed by atoms with Gasteiger partial charge in [-0.15, -0.1) is 0 Å². The summed E-state index contributed by atoms with van der Waals surface area (Å²) in [7, 11) is 0. The smallest absolute Gasteiger partial charge is 0.308 e. The zero-order valence-corrected chi connectivity index (χ0v) is 13.1. The van der Waals surface area contributed by atoms with Gasteiger partial charge >= 0.3 is 5.97 Å². The molecule has 4 heteroatoms. The van der Waals surface area contributed by atoms with Gasteiger partial charge in [0.25, 0.3) is 0 Å². The van der Waals surface area contributed by atoms with Crippen molar-refractivity contribution in [3.63, 3.8) is 0 Å². The Balaban J connectivity index is 1.91. The molecule has 0 aromatic heterocycles. The molecular weight excluding hydrogens is 252 g/mol. The highest BCUT2D eigenvalue weighted by Gasteiger charge is 2.34.